The van der Waals surface area contributed by atoms with Crippen molar-refractivity contribution >= 4 is 22.4 Å². The van der Waals surface area contributed by atoms with Crippen LogP contribution >= 0.6 is 11.3 Å². The first-order chi connectivity index (χ1) is 14.8. The van der Waals surface area contributed by atoms with Gasteiger partial charge in [0.15, 0.2) is 0 Å². The highest BCUT2D eigenvalue weighted by atomic mass is 32.1. The molecule has 0 aliphatic carbocycles. The third-order valence-electron chi connectivity index (χ3n) is 6.70. The van der Waals surface area contributed by atoms with E-state index in [1.54, 1.807) is 12.4 Å². The highest BCUT2D eigenvalue weighted by Crippen LogP contribution is 2.42. The summed E-state index contributed by atoms with van der Waals surface area (Å²) in [4.78, 5) is 16.6. The lowest BCUT2D eigenvalue weighted by atomic mass is 9.82. The van der Waals surface area contributed by atoms with Crippen LogP contribution in [-0.4, -0.2) is 46.2 Å². The summed E-state index contributed by atoms with van der Waals surface area (Å²) in [6.07, 6.45) is 7.98. The average Bonchev–Trinajstić information content (AvgIpc) is 3.34. The van der Waals surface area contributed by atoms with E-state index in [1.165, 1.54) is 16.9 Å². The second-order valence-electron chi connectivity index (χ2n) is 9.11. The van der Waals surface area contributed by atoms with E-state index in [4.69, 9.17) is 4.74 Å². The Kier molecular flexibility index (Phi) is 6.37. The second-order valence-corrected chi connectivity index (χ2v) is 10.2. The molecule has 1 aliphatic rings. The third-order valence-corrected chi connectivity index (χ3v) is 7.72. The predicted molar refractivity (Wildman–Crippen MR) is 123 cm³/mol. The number of aromatic nitrogens is 3. The van der Waals surface area contributed by atoms with Crippen LogP contribution in [0.1, 0.15) is 49.7 Å². The Labute approximate surface area is 187 Å². The summed E-state index contributed by atoms with van der Waals surface area (Å²) >= 11 is 1.18. The number of hydrogen-bond acceptors (Lipinski definition) is 6. The van der Waals surface area contributed by atoms with E-state index in [9.17, 15) is 4.39 Å². The fraction of sp³-hybridized carbons (Fsp3) is 0.542. The molecule has 31 heavy (non-hydrogen) atoms. The second kappa shape index (κ2) is 8.88. The maximum Gasteiger partial charge on any atom is 0.204 e. The lowest BCUT2D eigenvalue weighted by Gasteiger charge is -2.38. The van der Waals surface area contributed by atoms with E-state index in [0.717, 1.165) is 49.5 Å². The fourth-order valence-corrected chi connectivity index (χ4v) is 5.49. The largest absolute Gasteiger partial charge is 0.381 e. The Morgan fingerprint density at radius 1 is 1.19 bits per heavy atom. The molecule has 0 amide bonds. The van der Waals surface area contributed by atoms with Crippen molar-refractivity contribution in [2.45, 2.75) is 52.5 Å². The van der Waals surface area contributed by atoms with Crippen LogP contribution in [-0.2, 0) is 16.7 Å². The number of ether oxygens (including phenoxy) is 1. The molecule has 1 unspecified atom stereocenters. The van der Waals surface area contributed by atoms with Gasteiger partial charge in [-0.1, -0.05) is 6.07 Å². The number of rotatable bonds is 8. The standard InChI is InChI=1S/C24H31FN4OS/c1-5-30-16-24(9-8-19-20-21(22(25)31-19)27-12-11-26-20)10-13-29(15-24)23(3,4)18-7-6-17(2)28-14-18/h6-7,11-12,14H,5,8-10,13,15-16H2,1-4H3. The Morgan fingerprint density at radius 2 is 1.97 bits per heavy atom. The fourth-order valence-electron chi connectivity index (χ4n) is 4.58. The van der Waals surface area contributed by atoms with Crippen LogP contribution in [0.25, 0.3) is 11.0 Å². The van der Waals surface area contributed by atoms with Crippen molar-refractivity contribution in [3.63, 3.8) is 0 Å². The molecule has 4 heterocycles. The van der Waals surface area contributed by atoms with E-state index in [1.807, 2.05) is 20.0 Å². The van der Waals surface area contributed by atoms with E-state index < -0.39 is 0 Å². The van der Waals surface area contributed by atoms with Gasteiger partial charge in [-0.05, 0) is 65.1 Å². The summed E-state index contributed by atoms with van der Waals surface area (Å²) in [6.45, 7) is 12.0. The van der Waals surface area contributed by atoms with E-state index in [-0.39, 0.29) is 16.1 Å². The molecule has 7 heteroatoms. The first-order valence-electron chi connectivity index (χ1n) is 11.0. The van der Waals surface area contributed by atoms with Crippen LogP contribution in [0.5, 0.6) is 0 Å². The number of fused-ring (bicyclic) bond motifs is 1. The smallest absolute Gasteiger partial charge is 0.204 e. The van der Waals surface area contributed by atoms with Crippen LogP contribution < -0.4 is 0 Å². The van der Waals surface area contributed by atoms with Gasteiger partial charge < -0.3 is 4.74 Å². The lowest BCUT2D eigenvalue weighted by Crippen LogP contribution is -2.42. The van der Waals surface area contributed by atoms with E-state index >= 15 is 0 Å². The summed E-state index contributed by atoms with van der Waals surface area (Å²) < 4.78 is 20.3. The summed E-state index contributed by atoms with van der Waals surface area (Å²) in [5.74, 6) is 0. The minimum absolute atomic E-state index is 0.0421. The zero-order valence-corrected chi connectivity index (χ0v) is 19.6. The van der Waals surface area contributed by atoms with E-state index in [0.29, 0.717) is 17.6 Å². The summed E-state index contributed by atoms with van der Waals surface area (Å²) in [6, 6.07) is 4.27. The summed E-state index contributed by atoms with van der Waals surface area (Å²) in [5.41, 5.74) is 3.29. The molecule has 1 saturated heterocycles. The van der Waals surface area contributed by atoms with Crippen molar-refractivity contribution in [3.05, 3.63) is 52.0 Å². The van der Waals surface area contributed by atoms with Gasteiger partial charge in [0.2, 0.25) is 5.13 Å². The number of pyridine rings is 1. The first-order valence-corrected chi connectivity index (χ1v) is 11.8. The maximum absolute atomic E-state index is 14.3. The number of aryl methyl sites for hydroxylation is 2. The molecule has 0 radical (unpaired) electrons. The molecule has 0 saturated carbocycles. The van der Waals surface area contributed by atoms with Gasteiger partial charge in [0.1, 0.15) is 11.0 Å². The SMILES string of the molecule is CCOCC1(CCc2sc(F)c3nccnc23)CCN(C(C)(C)c2ccc(C)nc2)C1. The predicted octanol–water partition coefficient (Wildman–Crippen LogP) is 5.13. The van der Waals surface area contributed by atoms with Crippen LogP contribution in [0.15, 0.2) is 30.7 Å². The molecule has 3 aromatic rings. The van der Waals surface area contributed by atoms with Crippen LogP contribution in [0, 0.1) is 17.5 Å². The van der Waals surface area contributed by atoms with Gasteiger partial charge in [-0.15, -0.1) is 11.3 Å². The van der Waals surface area contributed by atoms with Crippen molar-refractivity contribution in [2.24, 2.45) is 5.41 Å². The van der Waals surface area contributed by atoms with Crippen molar-refractivity contribution in [3.8, 4) is 0 Å². The molecule has 0 aromatic carbocycles. The Bertz CT molecular complexity index is 1040. The molecule has 166 valence electrons. The van der Waals surface area contributed by atoms with Gasteiger partial charge in [0.25, 0.3) is 0 Å². The number of likely N-dealkylation sites (tertiary alicyclic amines) is 1. The van der Waals surface area contributed by atoms with Crippen molar-refractivity contribution in [2.75, 3.05) is 26.3 Å². The molecule has 0 spiro atoms. The highest BCUT2D eigenvalue weighted by molar-refractivity contribution is 7.11. The topological polar surface area (TPSA) is 51.1 Å². The van der Waals surface area contributed by atoms with Gasteiger partial charge >= 0.3 is 0 Å². The average molecular weight is 443 g/mol. The van der Waals surface area contributed by atoms with Crippen molar-refractivity contribution < 1.29 is 9.13 Å². The maximum atomic E-state index is 14.3. The number of nitrogens with zero attached hydrogens (tertiary/aromatic N) is 4. The van der Waals surface area contributed by atoms with Crippen molar-refractivity contribution in [1.82, 2.24) is 19.9 Å². The number of thiophene rings is 1. The third kappa shape index (κ3) is 4.49. The number of halogens is 1. The van der Waals surface area contributed by atoms with Crippen LogP contribution in [0.3, 0.4) is 0 Å². The van der Waals surface area contributed by atoms with Gasteiger partial charge in [0, 0.05) is 53.3 Å². The van der Waals surface area contributed by atoms with E-state index in [2.05, 4.69) is 45.8 Å². The molecule has 5 nitrogen and oxygen atoms in total. The van der Waals surface area contributed by atoms with Crippen LogP contribution in [0.4, 0.5) is 4.39 Å². The van der Waals surface area contributed by atoms with Gasteiger partial charge in [0.05, 0.1) is 6.61 Å². The van der Waals surface area contributed by atoms with Crippen LogP contribution in [0.2, 0.25) is 0 Å². The monoisotopic (exact) mass is 442 g/mol. The van der Waals surface area contributed by atoms with Gasteiger partial charge in [-0.25, -0.2) is 4.98 Å². The molecule has 3 aromatic heterocycles. The Morgan fingerprint density at radius 3 is 2.68 bits per heavy atom. The molecule has 1 fully saturated rings. The zero-order valence-electron chi connectivity index (χ0n) is 18.8. The molecule has 1 atom stereocenters. The number of hydrogen-bond donors (Lipinski definition) is 0. The van der Waals surface area contributed by atoms with Crippen molar-refractivity contribution in [1.29, 1.82) is 0 Å². The Hall–Kier alpha value is -1.96. The molecular formula is C24H31FN4OS. The summed E-state index contributed by atoms with van der Waals surface area (Å²) in [5, 5.41) is -0.238. The van der Waals surface area contributed by atoms with Gasteiger partial charge in [-0.2, -0.15) is 4.39 Å². The highest BCUT2D eigenvalue weighted by Gasteiger charge is 2.43. The minimum atomic E-state index is -0.238. The molecule has 0 N–H and O–H groups in total. The molecule has 4 rings (SSSR count). The Balaban J connectivity index is 1.53. The normalized spacial score (nSPS) is 20.0. The molecular weight excluding hydrogens is 411 g/mol. The quantitative estimate of drug-likeness (QED) is 0.484. The molecule has 0 bridgehead atoms. The minimum Gasteiger partial charge on any atom is -0.381 e. The summed E-state index contributed by atoms with van der Waals surface area (Å²) in [7, 11) is 0. The van der Waals surface area contributed by atoms with Gasteiger partial charge in [-0.3, -0.25) is 14.9 Å². The first kappa shape index (κ1) is 22.2. The molecule has 1 aliphatic heterocycles. The zero-order chi connectivity index (χ0) is 22.1. The lowest BCUT2D eigenvalue weighted by molar-refractivity contribution is 0.0386.